The van der Waals surface area contributed by atoms with Crippen LogP contribution in [0.25, 0.3) is 21.2 Å². The molecule has 0 bridgehead atoms. The van der Waals surface area contributed by atoms with Crippen LogP contribution in [-0.2, 0) is 0 Å². The van der Waals surface area contributed by atoms with E-state index in [1.54, 1.807) is 11.3 Å². The zero-order valence-electron chi connectivity index (χ0n) is 16.1. The third-order valence-electron chi connectivity index (χ3n) is 6.16. The lowest BCUT2D eigenvalue weighted by molar-refractivity contribution is 0.590. The quantitative estimate of drug-likeness (QED) is 0.327. The highest BCUT2D eigenvalue weighted by Crippen LogP contribution is 2.46. The average molecular weight is 401 g/mol. The number of fused-ring (bicyclic) bond motifs is 6. The summed E-state index contributed by atoms with van der Waals surface area (Å²) < 4.78 is 7.96. The second-order valence-electron chi connectivity index (χ2n) is 7.74. The number of para-hydroxylation sites is 3. The Bertz CT molecular complexity index is 1440. The molecule has 2 aliphatic rings. The van der Waals surface area contributed by atoms with E-state index in [0.717, 1.165) is 5.75 Å². The summed E-state index contributed by atoms with van der Waals surface area (Å²) in [6.07, 6.45) is 0. The molecule has 0 amide bonds. The first-order valence-electron chi connectivity index (χ1n) is 10.1. The molecule has 0 N–H and O–H groups in total. The Morgan fingerprint density at radius 3 is 2.50 bits per heavy atom. The standard InChI is InChI=1S/C26H16BNOS/c1-2-8-17(9-3-1)28-21-12-6-5-11-20(21)27-26-22(28)16-24-19(14-15-30-24)25(26)18-10-4-7-13-23(18)29-27/h1-16H. The van der Waals surface area contributed by atoms with Crippen molar-refractivity contribution in [3.63, 3.8) is 0 Å². The highest BCUT2D eigenvalue weighted by atomic mass is 32.1. The lowest BCUT2D eigenvalue weighted by Gasteiger charge is -2.39. The summed E-state index contributed by atoms with van der Waals surface area (Å²) in [6, 6.07) is 32.3. The summed E-state index contributed by atoms with van der Waals surface area (Å²) in [5.74, 6) is 0.961. The normalized spacial score (nSPS) is 13.5. The molecular formula is C26H16BNOS. The van der Waals surface area contributed by atoms with Crippen LogP contribution in [0.3, 0.4) is 0 Å². The molecule has 0 radical (unpaired) electrons. The lowest BCUT2D eigenvalue weighted by atomic mass is 9.49. The van der Waals surface area contributed by atoms with Gasteiger partial charge in [-0.15, -0.1) is 11.3 Å². The Morgan fingerprint density at radius 2 is 1.57 bits per heavy atom. The molecule has 4 heteroatoms. The molecule has 0 fully saturated rings. The Labute approximate surface area is 179 Å². The van der Waals surface area contributed by atoms with Crippen LogP contribution in [-0.4, -0.2) is 6.92 Å². The zero-order valence-corrected chi connectivity index (χ0v) is 16.9. The van der Waals surface area contributed by atoms with Crippen LogP contribution in [0, 0.1) is 0 Å². The molecule has 5 aromatic rings. The molecule has 0 aliphatic carbocycles. The number of thiophene rings is 1. The summed E-state index contributed by atoms with van der Waals surface area (Å²) in [4.78, 5) is 2.39. The van der Waals surface area contributed by atoms with E-state index in [-0.39, 0.29) is 6.92 Å². The van der Waals surface area contributed by atoms with E-state index < -0.39 is 0 Å². The maximum atomic E-state index is 6.65. The molecule has 1 aromatic heterocycles. The van der Waals surface area contributed by atoms with Gasteiger partial charge in [0, 0.05) is 38.2 Å². The van der Waals surface area contributed by atoms with E-state index in [4.69, 9.17) is 4.65 Å². The van der Waals surface area contributed by atoms with Crippen LogP contribution in [0.1, 0.15) is 0 Å². The Hall–Kier alpha value is -3.50. The summed E-state index contributed by atoms with van der Waals surface area (Å²) in [5.41, 5.74) is 8.53. The van der Waals surface area contributed by atoms with Crippen molar-refractivity contribution in [2.24, 2.45) is 0 Å². The number of hydrogen-bond acceptors (Lipinski definition) is 3. The van der Waals surface area contributed by atoms with Crippen LogP contribution >= 0.6 is 11.3 Å². The van der Waals surface area contributed by atoms with Gasteiger partial charge >= 0.3 is 6.92 Å². The van der Waals surface area contributed by atoms with Crippen molar-refractivity contribution in [3.8, 4) is 16.9 Å². The second kappa shape index (κ2) is 6.00. The van der Waals surface area contributed by atoms with Crippen molar-refractivity contribution in [1.82, 2.24) is 0 Å². The smallest absolute Gasteiger partial charge is 0.431 e. The van der Waals surface area contributed by atoms with Crippen molar-refractivity contribution in [1.29, 1.82) is 0 Å². The van der Waals surface area contributed by atoms with E-state index in [0.29, 0.717) is 0 Å². The fraction of sp³-hybridized carbons (Fsp3) is 0. The molecule has 4 aromatic carbocycles. The lowest BCUT2D eigenvalue weighted by Crippen LogP contribution is -2.56. The monoisotopic (exact) mass is 401 g/mol. The number of anilines is 3. The molecule has 0 saturated heterocycles. The van der Waals surface area contributed by atoms with Gasteiger partial charge in [0.25, 0.3) is 0 Å². The average Bonchev–Trinajstić information content (AvgIpc) is 3.28. The van der Waals surface area contributed by atoms with Crippen molar-refractivity contribution in [2.75, 3.05) is 4.90 Å². The fourth-order valence-electron chi connectivity index (χ4n) is 4.93. The topological polar surface area (TPSA) is 12.5 Å². The molecular weight excluding hydrogens is 385 g/mol. The van der Waals surface area contributed by atoms with E-state index in [2.05, 4.69) is 101 Å². The minimum Gasteiger partial charge on any atom is -0.551 e. The Morgan fingerprint density at radius 1 is 0.767 bits per heavy atom. The van der Waals surface area contributed by atoms with Gasteiger partial charge in [0.15, 0.2) is 0 Å². The Kier molecular flexibility index (Phi) is 3.27. The fourth-order valence-corrected chi connectivity index (χ4v) is 5.76. The second-order valence-corrected chi connectivity index (χ2v) is 8.69. The molecule has 30 heavy (non-hydrogen) atoms. The number of rotatable bonds is 1. The molecule has 0 saturated carbocycles. The van der Waals surface area contributed by atoms with Gasteiger partial charge in [0.2, 0.25) is 0 Å². The van der Waals surface area contributed by atoms with Crippen LogP contribution in [0.5, 0.6) is 5.75 Å². The van der Waals surface area contributed by atoms with Crippen LogP contribution in [0.15, 0.2) is 96.4 Å². The minimum absolute atomic E-state index is 0.106. The van der Waals surface area contributed by atoms with E-state index in [1.807, 2.05) is 0 Å². The molecule has 0 spiro atoms. The predicted molar refractivity (Wildman–Crippen MR) is 128 cm³/mol. The molecule has 3 heterocycles. The highest BCUT2D eigenvalue weighted by Gasteiger charge is 2.43. The SMILES string of the molecule is c1ccc(N2c3ccccc3B3Oc4ccccc4-c4c3c2cc2sccc42)cc1. The molecule has 140 valence electrons. The third kappa shape index (κ3) is 2.09. The van der Waals surface area contributed by atoms with Gasteiger partial charge in [-0.05, 0) is 52.8 Å². The van der Waals surface area contributed by atoms with E-state index >= 15 is 0 Å². The number of hydrogen-bond donors (Lipinski definition) is 0. The number of benzene rings is 4. The third-order valence-corrected chi connectivity index (χ3v) is 7.02. The van der Waals surface area contributed by atoms with Gasteiger partial charge in [0.05, 0.1) is 0 Å². The molecule has 2 nitrogen and oxygen atoms in total. The number of nitrogens with zero attached hydrogens (tertiary/aromatic N) is 1. The first-order chi connectivity index (χ1) is 14.9. The highest BCUT2D eigenvalue weighted by molar-refractivity contribution is 7.17. The van der Waals surface area contributed by atoms with Crippen molar-refractivity contribution in [3.05, 3.63) is 96.4 Å². The summed E-state index contributed by atoms with van der Waals surface area (Å²) >= 11 is 1.80. The van der Waals surface area contributed by atoms with Crippen LogP contribution < -0.4 is 20.5 Å². The molecule has 7 rings (SSSR count). The summed E-state index contributed by atoms with van der Waals surface area (Å²) in [7, 11) is 0. The first-order valence-corrected chi connectivity index (χ1v) is 11.0. The van der Waals surface area contributed by atoms with Gasteiger partial charge in [-0.25, -0.2) is 0 Å². The zero-order chi connectivity index (χ0) is 19.7. The van der Waals surface area contributed by atoms with E-state index in [9.17, 15) is 0 Å². The van der Waals surface area contributed by atoms with Crippen molar-refractivity contribution in [2.45, 2.75) is 0 Å². The maximum absolute atomic E-state index is 6.65. The van der Waals surface area contributed by atoms with Crippen LogP contribution in [0.2, 0.25) is 0 Å². The predicted octanol–water partition coefficient (Wildman–Crippen LogP) is 5.85. The van der Waals surface area contributed by atoms with Gasteiger partial charge in [0.1, 0.15) is 5.75 Å². The molecule has 0 unspecified atom stereocenters. The van der Waals surface area contributed by atoms with Crippen LogP contribution in [0.4, 0.5) is 17.1 Å². The first kappa shape index (κ1) is 16.3. The minimum atomic E-state index is -0.106. The largest absolute Gasteiger partial charge is 0.551 e. The van der Waals surface area contributed by atoms with Gasteiger partial charge < -0.3 is 9.55 Å². The van der Waals surface area contributed by atoms with Gasteiger partial charge in [-0.3, -0.25) is 0 Å². The molecule has 2 aliphatic heterocycles. The van der Waals surface area contributed by atoms with E-state index in [1.165, 1.54) is 49.2 Å². The molecule has 0 atom stereocenters. The van der Waals surface area contributed by atoms with Gasteiger partial charge in [-0.2, -0.15) is 0 Å². The van der Waals surface area contributed by atoms with Crippen molar-refractivity contribution >= 4 is 56.3 Å². The maximum Gasteiger partial charge on any atom is 0.431 e. The van der Waals surface area contributed by atoms with Gasteiger partial charge in [-0.1, -0.05) is 54.6 Å². The van der Waals surface area contributed by atoms with Crippen molar-refractivity contribution < 1.29 is 4.65 Å². The summed E-state index contributed by atoms with van der Waals surface area (Å²) in [6.45, 7) is -0.106. The Balaban J connectivity index is 1.65. The summed E-state index contributed by atoms with van der Waals surface area (Å²) in [5, 5.41) is 3.51.